The Morgan fingerprint density at radius 2 is 1.89 bits per heavy atom. The fourth-order valence-corrected chi connectivity index (χ4v) is 3.33. The second-order valence-electron chi connectivity index (χ2n) is 5.84. The number of amides is 1. The lowest BCUT2D eigenvalue weighted by Gasteiger charge is -2.42. The van der Waals surface area contributed by atoms with E-state index in [4.69, 9.17) is 5.73 Å². The summed E-state index contributed by atoms with van der Waals surface area (Å²) in [5.41, 5.74) is 5.68. The second kappa shape index (κ2) is 6.53. The molecule has 2 fully saturated rings. The molecule has 0 radical (unpaired) electrons. The SMILES string of the molecule is CN1CC(=O)N(C2CCCCCC2)CC1CCN. The van der Waals surface area contributed by atoms with Crippen LogP contribution in [0, 0.1) is 0 Å². The van der Waals surface area contributed by atoms with Gasteiger partial charge < -0.3 is 10.6 Å². The van der Waals surface area contributed by atoms with E-state index in [-0.39, 0.29) is 0 Å². The van der Waals surface area contributed by atoms with Gasteiger partial charge in [0.05, 0.1) is 6.54 Å². The minimum absolute atomic E-state index is 0.317. The van der Waals surface area contributed by atoms with E-state index in [0.717, 1.165) is 13.0 Å². The first-order valence-corrected chi connectivity index (χ1v) is 7.42. The third-order valence-electron chi connectivity index (χ3n) is 4.50. The Hall–Kier alpha value is -0.610. The minimum atomic E-state index is 0.317. The van der Waals surface area contributed by atoms with Crippen LogP contribution in [0.1, 0.15) is 44.9 Å². The summed E-state index contributed by atoms with van der Waals surface area (Å²) in [6.45, 7) is 2.17. The van der Waals surface area contributed by atoms with Gasteiger partial charge >= 0.3 is 0 Å². The number of piperazine rings is 1. The van der Waals surface area contributed by atoms with Crippen molar-refractivity contribution in [2.24, 2.45) is 5.73 Å². The van der Waals surface area contributed by atoms with Crippen LogP contribution in [0.2, 0.25) is 0 Å². The Balaban J connectivity index is 1.98. The molecule has 1 amide bonds. The van der Waals surface area contributed by atoms with Crippen molar-refractivity contribution in [2.45, 2.75) is 57.0 Å². The van der Waals surface area contributed by atoms with E-state index in [2.05, 4.69) is 9.80 Å². The number of nitrogens with two attached hydrogens (primary N) is 1. The molecule has 1 saturated carbocycles. The van der Waals surface area contributed by atoms with E-state index < -0.39 is 0 Å². The first-order valence-electron chi connectivity index (χ1n) is 7.42. The van der Waals surface area contributed by atoms with E-state index >= 15 is 0 Å². The number of hydrogen-bond acceptors (Lipinski definition) is 3. The average Bonchev–Trinajstić information content (AvgIpc) is 2.61. The number of hydrogen-bond donors (Lipinski definition) is 1. The molecule has 2 N–H and O–H groups in total. The third-order valence-corrected chi connectivity index (χ3v) is 4.50. The molecular weight excluding hydrogens is 226 g/mol. The van der Waals surface area contributed by atoms with Crippen LogP contribution < -0.4 is 5.73 Å². The van der Waals surface area contributed by atoms with Gasteiger partial charge in [0.15, 0.2) is 0 Å². The molecule has 0 spiro atoms. The van der Waals surface area contributed by atoms with Gasteiger partial charge in [0, 0.05) is 18.6 Å². The molecule has 4 nitrogen and oxygen atoms in total. The average molecular weight is 253 g/mol. The summed E-state index contributed by atoms with van der Waals surface area (Å²) in [6, 6.07) is 0.949. The monoisotopic (exact) mass is 253 g/mol. The fourth-order valence-electron chi connectivity index (χ4n) is 3.33. The smallest absolute Gasteiger partial charge is 0.237 e. The third kappa shape index (κ3) is 3.23. The molecule has 1 aliphatic heterocycles. The van der Waals surface area contributed by atoms with Crippen LogP contribution in [0.4, 0.5) is 0 Å². The molecule has 0 aromatic rings. The highest BCUT2D eigenvalue weighted by Crippen LogP contribution is 2.24. The standard InChI is InChI=1S/C14H27N3O/c1-16-11-14(18)17(10-13(16)8-9-15)12-6-4-2-3-5-7-12/h12-13H,2-11,15H2,1H3. The molecule has 1 saturated heterocycles. The van der Waals surface area contributed by atoms with Crippen LogP contribution in [0.3, 0.4) is 0 Å². The highest BCUT2D eigenvalue weighted by atomic mass is 16.2. The molecule has 1 heterocycles. The Labute approximate surface area is 110 Å². The number of likely N-dealkylation sites (N-methyl/N-ethyl adjacent to an activating group) is 1. The number of carbonyl (C=O) groups excluding carboxylic acids is 1. The molecular formula is C14H27N3O. The van der Waals surface area contributed by atoms with Crippen LogP contribution in [-0.4, -0.2) is 54.5 Å². The lowest BCUT2D eigenvalue weighted by Crippen LogP contribution is -2.57. The zero-order valence-corrected chi connectivity index (χ0v) is 11.6. The zero-order chi connectivity index (χ0) is 13.0. The minimum Gasteiger partial charge on any atom is -0.337 e. The van der Waals surface area contributed by atoms with E-state index in [1.807, 2.05) is 7.05 Å². The van der Waals surface area contributed by atoms with Crippen LogP contribution in [-0.2, 0) is 4.79 Å². The molecule has 0 bridgehead atoms. The Bertz CT molecular complexity index is 274. The Morgan fingerprint density at radius 1 is 1.22 bits per heavy atom. The van der Waals surface area contributed by atoms with Gasteiger partial charge in [-0.05, 0) is 32.9 Å². The Kier molecular flexibility index (Phi) is 5.01. The lowest BCUT2D eigenvalue weighted by molar-refractivity contribution is -0.141. The highest BCUT2D eigenvalue weighted by Gasteiger charge is 2.33. The van der Waals surface area contributed by atoms with Crippen molar-refractivity contribution in [3.05, 3.63) is 0 Å². The van der Waals surface area contributed by atoms with Crippen molar-refractivity contribution in [3.8, 4) is 0 Å². The lowest BCUT2D eigenvalue weighted by atomic mass is 10.0. The maximum Gasteiger partial charge on any atom is 0.237 e. The molecule has 1 unspecified atom stereocenters. The van der Waals surface area contributed by atoms with Gasteiger partial charge in [-0.1, -0.05) is 25.7 Å². The molecule has 2 rings (SSSR count). The maximum absolute atomic E-state index is 12.2. The van der Waals surface area contributed by atoms with Crippen LogP contribution in [0.15, 0.2) is 0 Å². The van der Waals surface area contributed by atoms with Crippen molar-refractivity contribution < 1.29 is 4.79 Å². The summed E-state index contributed by atoms with van der Waals surface area (Å²) in [6.07, 6.45) is 8.63. The van der Waals surface area contributed by atoms with E-state index in [9.17, 15) is 4.79 Å². The van der Waals surface area contributed by atoms with Gasteiger partial charge in [0.1, 0.15) is 0 Å². The van der Waals surface area contributed by atoms with Crippen molar-refractivity contribution >= 4 is 5.91 Å². The topological polar surface area (TPSA) is 49.6 Å². The van der Waals surface area contributed by atoms with Crippen molar-refractivity contribution in [2.75, 3.05) is 26.7 Å². The fraction of sp³-hybridized carbons (Fsp3) is 0.929. The summed E-state index contributed by atoms with van der Waals surface area (Å²) in [5.74, 6) is 0.317. The molecule has 18 heavy (non-hydrogen) atoms. The van der Waals surface area contributed by atoms with E-state index in [0.29, 0.717) is 31.1 Å². The van der Waals surface area contributed by atoms with Gasteiger partial charge in [-0.3, -0.25) is 9.69 Å². The predicted molar refractivity (Wildman–Crippen MR) is 73.3 cm³/mol. The van der Waals surface area contributed by atoms with Crippen molar-refractivity contribution in [1.29, 1.82) is 0 Å². The molecule has 0 aromatic heterocycles. The normalized spacial score (nSPS) is 28.4. The molecule has 4 heteroatoms. The molecule has 2 aliphatic rings. The first-order chi connectivity index (χ1) is 8.72. The molecule has 104 valence electrons. The molecule has 0 aromatic carbocycles. The maximum atomic E-state index is 12.2. The van der Waals surface area contributed by atoms with Crippen molar-refractivity contribution in [1.82, 2.24) is 9.80 Å². The predicted octanol–water partition coefficient (Wildman–Crippen LogP) is 1.20. The summed E-state index contributed by atoms with van der Waals surface area (Å²) < 4.78 is 0. The second-order valence-corrected chi connectivity index (χ2v) is 5.84. The number of rotatable bonds is 3. The summed E-state index contributed by atoms with van der Waals surface area (Å²) in [4.78, 5) is 16.5. The van der Waals surface area contributed by atoms with Gasteiger partial charge in [-0.2, -0.15) is 0 Å². The van der Waals surface area contributed by atoms with E-state index in [1.54, 1.807) is 0 Å². The van der Waals surface area contributed by atoms with Gasteiger partial charge in [0.2, 0.25) is 5.91 Å². The Morgan fingerprint density at radius 3 is 2.50 bits per heavy atom. The molecule has 1 atom stereocenters. The van der Waals surface area contributed by atoms with Gasteiger partial charge in [0.25, 0.3) is 0 Å². The zero-order valence-electron chi connectivity index (χ0n) is 11.6. The van der Waals surface area contributed by atoms with Crippen LogP contribution >= 0.6 is 0 Å². The largest absolute Gasteiger partial charge is 0.337 e. The van der Waals surface area contributed by atoms with Crippen LogP contribution in [0.25, 0.3) is 0 Å². The highest BCUT2D eigenvalue weighted by molar-refractivity contribution is 5.79. The quantitative estimate of drug-likeness (QED) is 0.769. The summed E-state index contributed by atoms with van der Waals surface area (Å²) in [7, 11) is 2.04. The number of nitrogens with zero attached hydrogens (tertiary/aromatic N) is 2. The molecule has 1 aliphatic carbocycles. The summed E-state index contributed by atoms with van der Waals surface area (Å²) >= 11 is 0. The number of carbonyl (C=O) groups is 1. The van der Waals surface area contributed by atoms with E-state index in [1.165, 1.54) is 38.5 Å². The first kappa shape index (κ1) is 13.8. The van der Waals surface area contributed by atoms with Gasteiger partial charge in [-0.15, -0.1) is 0 Å². The summed E-state index contributed by atoms with van der Waals surface area (Å²) in [5, 5.41) is 0. The van der Waals surface area contributed by atoms with Crippen molar-refractivity contribution in [3.63, 3.8) is 0 Å². The van der Waals surface area contributed by atoms with Gasteiger partial charge in [-0.25, -0.2) is 0 Å². The van der Waals surface area contributed by atoms with Crippen LogP contribution in [0.5, 0.6) is 0 Å².